The molecule has 0 bridgehead atoms. The Labute approximate surface area is 192 Å². The largest absolute Gasteiger partial charge is 0.452 e. The van der Waals surface area contributed by atoms with Crippen molar-refractivity contribution in [2.45, 2.75) is 51.5 Å². The third-order valence-corrected chi connectivity index (χ3v) is 7.77. The molecule has 2 atom stereocenters. The molecule has 1 saturated heterocycles. The van der Waals surface area contributed by atoms with Crippen molar-refractivity contribution in [1.82, 2.24) is 19.7 Å². The summed E-state index contributed by atoms with van der Waals surface area (Å²) >= 11 is 0. The van der Waals surface area contributed by atoms with Gasteiger partial charge in [0.15, 0.2) is 11.9 Å². The molecule has 3 aromatic rings. The van der Waals surface area contributed by atoms with Gasteiger partial charge in [-0.1, -0.05) is 22.9 Å². The van der Waals surface area contributed by atoms with Gasteiger partial charge in [0.05, 0.1) is 5.92 Å². The highest BCUT2D eigenvalue weighted by Crippen LogP contribution is 2.29. The van der Waals surface area contributed by atoms with Crippen LogP contribution in [0.5, 0.6) is 0 Å². The normalized spacial score (nSPS) is 18.2. The molecule has 0 radical (unpaired) electrons. The molecule has 0 N–H and O–H groups in total. The van der Waals surface area contributed by atoms with Crippen LogP contribution in [0.15, 0.2) is 38.1 Å². The van der Waals surface area contributed by atoms with E-state index in [9.17, 15) is 13.2 Å². The quantitative estimate of drug-likeness (QED) is 0.494. The first-order chi connectivity index (χ1) is 15.7. The monoisotopic (exact) mass is 474 g/mol. The van der Waals surface area contributed by atoms with Gasteiger partial charge in [0.2, 0.25) is 15.9 Å². The van der Waals surface area contributed by atoms with Gasteiger partial charge in [0.1, 0.15) is 10.6 Å². The Morgan fingerprint density at radius 1 is 1.18 bits per heavy atom. The van der Waals surface area contributed by atoms with Gasteiger partial charge < -0.3 is 13.7 Å². The van der Waals surface area contributed by atoms with Crippen molar-refractivity contribution in [3.63, 3.8) is 0 Å². The lowest BCUT2D eigenvalue weighted by Gasteiger charge is -2.30. The molecular weight excluding hydrogens is 448 g/mol. The van der Waals surface area contributed by atoms with E-state index in [1.165, 1.54) is 4.31 Å². The van der Waals surface area contributed by atoms with Crippen LogP contribution in [0, 0.1) is 26.7 Å². The highest BCUT2D eigenvalue weighted by Gasteiger charge is 2.37. The highest BCUT2D eigenvalue weighted by molar-refractivity contribution is 7.89. The lowest BCUT2D eigenvalue weighted by Crippen LogP contribution is -2.43. The first-order valence-corrected chi connectivity index (χ1v) is 12.1. The van der Waals surface area contributed by atoms with Crippen molar-refractivity contribution in [2.75, 3.05) is 13.1 Å². The Balaban J connectivity index is 1.43. The lowest BCUT2D eigenvalue weighted by atomic mass is 10.00. The van der Waals surface area contributed by atoms with Crippen LogP contribution >= 0.6 is 0 Å². The van der Waals surface area contributed by atoms with E-state index < -0.39 is 28.0 Å². The zero-order valence-electron chi connectivity index (χ0n) is 18.9. The number of hydrogen-bond donors (Lipinski definition) is 0. The number of ether oxygens (including phenoxy) is 1. The second-order valence-electron chi connectivity index (χ2n) is 8.25. The van der Waals surface area contributed by atoms with E-state index in [0.29, 0.717) is 31.0 Å². The molecule has 1 aliphatic rings. The Hall–Kier alpha value is -3.05. The summed E-state index contributed by atoms with van der Waals surface area (Å²) in [7, 11) is -3.83. The number of esters is 1. The number of aryl methyl sites for hydroxylation is 3. The molecule has 0 amide bonds. The molecule has 3 heterocycles. The maximum absolute atomic E-state index is 13.1. The van der Waals surface area contributed by atoms with Crippen LogP contribution in [0.2, 0.25) is 0 Å². The van der Waals surface area contributed by atoms with Gasteiger partial charge in [0.25, 0.3) is 5.89 Å². The highest BCUT2D eigenvalue weighted by atomic mass is 32.2. The third-order valence-electron chi connectivity index (χ3n) is 5.66. The summed E-state index contributed by atoms with van der Waals surface area (Å²) in [4.78, 5) is 12.9. The van der Waals surface area contributed by atoms with E-state index in [1.54, 1.807) is 20.8 Å². The molecule has 0 spiro atoms. The maximum Gasteiger partial charge on any atom is 0.311 e. The number of benzene rings is 1. The van der Waals surface area contributed by atoms with E-state index in [-0.39, 0.29) is 23.1 Å². The smallest absolute Gasteiger partial charge is 0.311 e. The number of piperidine rings is 1. The Morgan fingerprint density at radius 3 is 2.58 bits per heavy atom. The summed E-state index contributed by atoms with van der Waals surface area (Å²) in [5.41, 5.74) is 2.18. The Morgan fingerprint density at radius 2 is 1.91 bits per heavy atom. The first kappa shape index (κ1) is 23.1. The topological polar surface area (TPSA) is 129 Å². The molecule has 33 heavy (non-hydrogen) atoms. The molecule has 4 rings (SSSR count). The fourth-order valence-corrected chi connectivity index (χ4v) is 5.67. The second kappa shape index (κ2) is 9.06. The summed E-state index contributed by atoms with van der Waals surface area (Å²) in [6, 6.07) is 7.63. The molecular formula is C22H26N4O6S. The summed E-state index contributed by atoms with van der Waals surface area (Å²) < 4.78 is 43.8. The number of sulfonamides is 1. The molecule has 11 heteroatoms. The standard InChI is InChI=1S/C22H26N4O6S/c1-13-7-9-17(10-8-13)21-24-23-20(31-21)16(4)30-22(27)18-6-5-11-26(12-18)33(28,29)19-14(2)25-32-15(19)3/h7-10,16,18H,5-6,11-12H2,1-4H3. The number of carbonyl (C=O) groups excluding carboxylic acids is 1. The van der Waals surface area contributed by atoms with Crippen LogP contribution < -0.4 is 0 Å². The van der Waals surface area contributed by atoms with Crippen molar-refractivity contribution in [3.8, 4) is 11.5 Å². The minimum atomic E-state index is -3.83. The zero-order valence-corrected chi connectivity index (χ0v) is 19.8. The predicted octanol–water partition coefficient (Wildman–Crippen LogP) is 3.35. The number of hydrogen-bond acceptors (Lipinski definition) is 9. The van der Waals surface area contributed by atoms with Gasteiger partial charge in [-0.25, -0.2) is 8.42 Å². The van der Waals surface area contributed by atoms with Crippen LogP contribution in [-0.4, -0.2) is 47.1 Å². The summed E-state index contributed by atoms with van der Waals surface area (Å²) in [6.45, 7) is 7.10. The Kier molecular flexibility index (Phi) is 6.35. The van der Waals surface area contributed by atoms with Gasteiger partial charge in [-0.2, -0.15) is 4.31 Å². The molecule has 1 aromatic carbocycles. The van der Waals surface area contributed by atoms with E-state index in [1.807, 2.05) is 31.2 Å². The molecule has 2 unspecified atom stereocenters. The number of aromatic nitrogens is 3. The van der Waals surface area contributed by atoms with E-state index in [2.05, 4.69) is 15.4 Å². The van der Waals surface area contributed by atoms with E-state index >= 15 is 0 Å². The molecule has 2 aromatic heterocycles. The lowest BCUT2D eigenvalue weighted by molar-refractivity contribution is -0.156. The molecule has 10 nitrogen and oxygen atoms in total. The van der Waals surface area contributed by atoms with Crippen molar-refractivity contribution in [3.05, 3.63) is 47.2 Å². The SMILES string of the molecule is Cc1ccc(-c2nnc(C(C)OC(=O)C3CCCN(S(=O)(=O)c4c(C)noc4C)C3)o2)cc1. The van der Waals surface area contributed by atoms with Gasteiger partial charge in [-0.15, -0.1) is 10.2 Å². The Bertz CT molecular complexity index is 1230. The maximum atomic E-state index is 13.1. The minimum absolute atomic E-state index is 0.0242. The van der Waals surface area contributed by atoms with Crippen LogP contribution in [0.1, 0.15) is 48.8 Å². The van der Waals surface area contributed by atoms with E-state index in [4.69, 9.17) is 13.7 Å². The first-order valence-electron chi connectivity index (χ1n) is 10.7. The van der Waals surface area contributed by atoms with Gasteiger partial charge in [-0.3, -0.25) is 4.79 Å². The fraction of sp³-hybridized carbons (Fsp3) is 0.455. The number of nitrogens with zero attached hydrogens (tertiary/aromatic N) is 4. The van der Waals surface area contributed by atoms with Gasteiger partial charge in [-0.05, 0) is 52.7 Å². The molecule has 176 valence electrons. The average molecular weight is 475 g/mol. The van der Waals surface area contributed by atoms with Gasteiger partial charge in [0, 0.05) is 18.7 Å². The molecule has 0 saturated carbocycles. The van der Waals surface area contributed by atoms with Crippen molar-refractivity contribution >= 4 is 16.0 Å². The molecule has 1 aliphatic heterocycles. The van der Waals surface area contributed by atoms with Crippen LogP contribution in [0.3, 0.4) is 0 Å². The van der Waals surface area contributed by atoms with Crippen molar-refractivity contribution < 1.29 is 26.9 Å². The summed E-state index contributed by atoms with van der Waals surface area (Å²) in [5.74, 6) is -0.365. The van der Waals surface area contributed by atoms with Crippen LogP contribution in [0.25, 0.3) is 11.5 Å². The average Bonchev–Trinajstić information content (AvgIpc) is 3.41. The van der Waals surface area contributed by atoms with Gasteiger partial charge >= 0.3 is 5.97 Å². The third kappa shape index (κ3) is 4.69. The van der Waals surface area contributed by atoms with E-state index in [0.717, 1.165) is 11.1 Å². The molecule has 0 aliphatic carbocycles. The summed E-state index contributed by atoms with van der Waals surface area (Å²) in [5, 5.41) is 11.8. The molecule has 1 fully saturated rings. The summed E-state index contributed by atoms with van der Waals surface area (Å²) in [6.07, 6.45) is 0.297. The fourth-order valence-electron chi connectivity index (χ4n) is 3.86. The number of rotatable bonds is 6. The van der Waals surface area contributed by atoms with Crippen molar-refractivity contribution in [1.29, 1.82) is 0 Å². The minimum Gasteiger partial charge on any atom is -0.452 e. The zero-order chi connectivity index (χ0) is 23.8. The van der Waals surface area contributed by atoms with Crippen LogP contribution in [-0.2, 0) is 19.6 Å². The predicted molar refractivity (Wildman–Crippen MR) is 116 cm³/mol. The van der Waals surface area contributed by atoms with Crippen molar-refractivity contribution in [2.24, 2.45) is 5.92 Å². The number of carbonyl (C=O) groups is 1. The second-order valence-corrected chi connectivity index (χ2v) is 10.1. The van der Waals surface area contributed by atoms with Crippen LogP contribution in [0.4, 0.5) is 0 Å².